The van der Waals surface area contributed by atoms with E-state index >= 15 is 0 Å². The first-order valence-corrected chi connectivity index (χ1v) is 8.73. The molecule has 3 nitrogen and oxygen atoms in total. The Hall–Kier alpha value is -3.33. The van der Waals surface area contributed by atoms with Crippen molar-refractivity contribution in [1.82, 2.24) is 4.57 Å². The summed E-state index contributed by atoms with van der Waals surface area (Å²) < 4.78 is 7.74. The van der Waals surface area contributed by atoms with Crippen molar-refractivity contribution in [2.75, 3.05) is 7.11 Å². The average molecular weight is 338 g/mol. The van der Waals surface area contributed by atoms with Crippen molar-refractivity contribution < 1.29 is 4.74 Å². The Morgan fingerprint density at radius 3 is 2.31 bits per heavy atom. The van der Waals surface area contributed by atoms with Crippen LogP contribution in [-0.4, -0.2) is 17.4 Å². The molecule has 0 aliphatic carbocycles. The number of methoxy groups -OCH3 is 1. The summed E-state index contributed by atoms with van der Waals surface area (Å²) in [6.45, 7) is 0.790. The molecule has 0 atom stereocenters. The molecule has 0 amide bonds. The molecule has 0 radical (unpaired) electrons. The maximum atomic E-state index is 5.53. The molecule has 3 heteroatoms. The second-order valence-electron chi connectivity index (χ2n) is 6.51. The van der Waals surface area contributed by atoms with Crippen LogP contribution in [0, 0.1) is 0 Å². The van der Waals surface area contributed by atoms with E-state index in [4.69, 9.17) is 9.73 Å². The van der Waals surface area contributed by atoms with Crippen LogP contribution in [-0.2, 0) is 6.54 Å². The molecule has 0 spiro atoms. The second kappa shape index (κ2) is 5.88. The highest BCUT2D eigenvalue weighted by Gasteiger charge is 2.21. The van der Waals surface area contributed by atoms with E-state index in [1.165, 1.54) is 16.5 Å². The maximum absolute atomic E-state index is 5.53. The van der Waals surface area contributed by atoms with E-state index in [1.54, 1.807) is 7.11 Å². The molecule has 1 aliphatic rings. The number of aliphatic imine (C=N–C) groups is 1. The lowest BCUT2D eigenvalue weighted by Crippen LogP contribution is -2.04. The van der Waals surface area contributed by atoms with Gasteiger partial charge in [0.2, 0.25) is 0 Å². The zero-order chi connectivity index (χ0) is 17.5. The maximum Gasteiger partial charge on any atom is 0.145 e. The van der Waals surface area contributed by atoms with Crippen molar-refractivity contribution in [1.29, 1.82) is 0 Å². The van der Waals surface area contributed by atoms with Gasteiger partial charge in [-0.25, -0.2) is 4.99 Å². The van der Waals surface area contributed by atoms with Gasteiger partial charge in [0, 0.05) is 11.6 Å². The number of hydrogen-bond donors (Lipinski definition) is 0. The molecule has 1 aromatic heterocycles. The summed E-state index contributed by atoms with van der Waals surface area (Å²) in [5.74, 6) is 1.86. The van der Waals surface area contributed by atoms with Crippen molar-refractivity contribution in [3.05, 3.63) is 84.6 Å². The summed E-state index contributed by atoms with van der Waals surface area (Å²) in [6.07, 6.45) is 2.15. The Bertz CT molecular complexity index is 1120. The monoisotopic (exact) mass is 338 g/mol. The molecule has 26 heavy (non-hydrogen) atoms. The Balaban J connectivity index is 1.53. The Kier molecular flexibility index (Phi) is 3.39. The standard InChI is InChI=1S/C23H18N2O/c1-26-21-9-5-8-19-14-25-15-20(24-23(25)22(19)21)18-12-10-17(11-13-18)16-6-3-2-4-7-16/h2-14H,15H2,1H3. The summed E-state index contributed by atoms with van der Waals surface area (Å²) >= 11 is 0. The van der Waals surface area contributed by atoms with E-state index in [0.29, 0.717) is 0 Å². The number of aromatic nitrogens is 1. The summed E-state index contributed by atoms with van der Waals surface area (Å²) in [5.41, 5.74) is 4.71. The Morgan fingerprint density at radius 2 is 1.54 bits per heavy atom. The molecule has 2 heterocycles. The van der Waals surface area contributed by atoms with Gasteiger partial charge in [0.1, 0.15) is 11.6 Å². The number of benzene rings is 3. The van der Waals surface area contributed by atoms with E-state index in [-0.39, 0.29) is 0 Å². The van der Waals surface area contributed by atoms with E-state index in [2.05, 4.69) is 65.4 Å². The van der Waals surface area contributed by atoms with E-state index in [0.717, 1.165) is 34.8 Å². The second-order valence-corrected chi connectivity index (χ2v) is 6.51. The first-order valence-electron chi connectivity index (χ1n) is 8.73. The third kappa shape index (κ3) is 2.32. The molecular formula is C23H18N2O. The number of fused-ring (bicyclic) bond motifs is 3. The minimum Gasteiger partial charge on any atom is -0.496 e. The molecule has 1 aliphatic heterocycles. The molecule has 3 aromatic carbocycles. The number of nitrogens with zero attached hydrogens (tertiary/aromatic N) is 2. The van der Waals surface area contributed by atoms with Crippen LogP contribution < -0.4 is 4.74 Å². The van der Waals surface area contributed by atoms with Gasteiger partial charge in [-0.2, -0.15) is 0 Å². The molecule has 0 saturated heterocycles. The third-order valence-electron chi connectivity index (χ3n) is 4.96. The predicted octanol–water partition coefficient (Wildman–Crippen LogP) is 5.45. The van der Waals surface area contributed by atoms with Crippen LogP contribution in [0.15, 0.2) is 84.0 Å². The lowest BCUT2D eigenvalue weighted by atomic mass is 10.0. The van der Waals surface area contributed by atoms with Crippen molar-refractivity contribution in [3.8, 4) is 16.9 Å². The zero-order valence-electron chi connectivity index (χ0n) is 14.5. The van der Waals surface area contributed by atoms with Crippen LogP contribution in [0.2, 0.25) is 0 Å². The van der Waals surface area contributed by atoms with Crippen LogP contribution in [0.5, 0.6) is 5.75 Å². The van der Waals surface area contributed by atoms with Crippen LogP contribution in [0.25, 0.3) is 21.9 Å². The molecule has 0 bridgehead atoms. The first-order chi connectivity index (χ1) is 12.8. The van der Waals surface area contributed by atoms with Crippen LogP contribution in [0.1, 0.15) is 5.56 Å². The first kappa shape index (κ1) is 15.0. The molecule has 0 unspecified atom stereocenters. The largest absolute Gasteiger partial charge is 0.496 e. The molecule has 4 aromatic rings. The summed E-state index contributed by atoms with van der Waals surface area (Å²) in [6, 6.07) is 25.2. The zero-order valence-corrected chi connectivity index (χ0v) is 14.5. The molecule has 0 fully saturated rings. The molecule has 5 rings (SSSR count). The highest BCUT2D eigenvalue weighted by Crippen LogP contribution is 2.39. The van der Waals surface area contributed by atoms with E-state index < -0.39 is 0 Å². The topological polar surface area (TPSA) is 26.5 Å². The van der Waals surface area contributed by atoms with Gasteiger partial charge >= 0.3 is 0 Å². The van der Waals surface area contributed by atoms with E-state index in [9.17, 15) is 0 Å². The van der Waals surface area contributed by atoms with Crippen molar-refractivity contribution in [2.45, 2.75) is 6.54 Å². The number of hydrogen-bond acceptors (Lipinski definition) is 2. The number of rotatable bonds is 3. The third-order valence-corrected chi connectivity index (χ3v) is 4.96. The quantitative estimate of drug-likeness (QED) is 0.488. The lowest BCUT2D eigenvalue weighted by molar-refractivity contribution is 0.420. The van der Waals surface area contributed by atoms with Gasteiger partial charge in [0.05, 0.1) is 24.8 Å². The highest BCUT2D eigenvalue weighted by atomic mass is 16.5. The Morgan fingerprint density at radius 1 is 0.808 bits per heavy atom. The normalized spacial score (nSPS) is 12.9. The van der Waals surface area contributed by atoms with Gasteiger partial charge in [-0.05, 0) is 22.8 Å². The number of ether oxygens (including phenoxy) is 1. The molecule has 126 valence electrons. The fourth-order valence-electron chi connectivity index (χ4n) is 3.64. The van der Waals surface area contributed by atoms with Crippen molar-refractivity contribution >= 4 is 22.3 Å². The van der Waals surface area contributed by atoms with E-state index in [1.807, 2.05) is 18.2 Å². The fraction of sp³-hybridized carbons (Fsp3) is 0.0870. The lowest BCUT2D eigenvalue weighted by Gasteiger charge is -2.05. The van der Waals surface area contributed by atoms with Gasteiger partial charge in [0.15, 0.2) is 0 Å². The van der Waals surface area contributed by atoms with Crippen molar-refractivity contribution in [2.24, 2.45) is 4.99 Å². The van der Waals surface area contributed by atoms with Crippen LogP contribution >= 0.6 is 0 Å². The molecule has 0 saturated carbocycles. The smallest absolute Gasteiger partial charge is 0.145 e. The average Bonchev–Trinajstić information content (AvgIpc) is 3.26. The minimum absolute atomic E-state index is 0.790. The Labute approximate surface area is 152 Å². The fourth-order valence-corrected chi connectivity index (χ4v) is 3.64. The van der Waals surface area contributed by atoms with Crippen LogP contribution in [0.4, 0.5) is 5.82 Å². The molecular weight excluding hydrogens is 320 g/mol. The van der Waals surface area contributed by atoms with Crippen LogP contribution in [0.3, 0.4) is 0 Å². The minimum atomic E-state index is 0.790. The molecule has 0 N–H and O–H groups in total. The summed E-state index contributed by atoms with van der Waals surface area (Å²) in [5, 5.41) is 2.26. The van der Waals surface area contributed by atoms with Crippen molar-refractivity contribution in [3.63, 3.8) is 0 Å². The van der Waals surface area contributed by atoms with Gasteiger partial charge in [0.25, 0.3) is 0 Å². The van der Waals surface area contributed by atoms with Gasteiger partial charge in [-0.1, -0.05) is 66.7 Å². The van der Waals surface area contributed by atoms with Gasteiger partial charge in [-0.15, -0.1) is 0 Å². The van der Waals surface area contributed by atoms with Gasteiger partial charge in [-0.3, -0.25) is 0 Å². The predicted molar refractivity (Wildman–Crippen MR) is 107 cm³/mol. The summed E-state index contributed by atoms with van der Waals surface area (Å²) in [7, 11) is 1.71. The summed E-state index contributed by atoms with van der Waals surface area (Å²) in [4.78, 5) is 4.92. The highest BCUT2D eigenvalue weighted by molar-refractivity contribution is 6.09. The SMILES string of the molecule is COc1cccc2cn3c(c12)N=C(c1ccc(-c2ccccc2)cc1)C3. The van der Waals surface area contributed by atoms with Gasteiger partial charge < -0.3 is 9.30 Å².